The van der Waals surface area contributed by atoms with Gasteiger partial charge in [0.05, 0.1) is 20.3 Å². The summed E-state index contributed by atoms with van der Waals surface area (Å²) in [5, 5.41) is 12.3. The number of hydrogen-bond donors (Lipinski definition) is 2. The third-order valence-electron chi connectivity index (χ3n) is 3.77. The van der Waals surface area contributed by atoms with Gasteiger partial charge in [-0.25, -0.2) is 0 Å². The molecule has 0 bridgehead atoms. The molecule has 0 atom stereocenters. The first kappa shape index (κ1) is 15.8. The second-order valence-electron chi connectivity index (χ2n) is 5.17. The number of nitrogens with one attached hydrogen (secondary N) is 1. The molecule has 0 aliphatic carbocycles. The van der Waals surface area contributed by atoms with Crippen molar-refractivity contribution >= 4 is 5.95 Å². The molecule has 0 radical (unpaired) electrons. The lowest BCUT2D eigenvalue weighted by atomic mass is 9.98. The number of rotatable bonds is 7. The van der Waals surface area contributed by atoms with Gasteiger partial charge in [0.1, 0.15) is 0 Å². The Labute approximate surface area is 125 Å². The van der Waals surface area contributed by atoms with Gasteiger partial charge in [-0.2, -0.15) is 9.97 Å². The highest BCUT2D eigenvalue weighted by Crippen LogP contribution is 2.18. The average Bonchev–Trinajstić information content (AvgIpc) is 2.55. The minimum Gasteiger partial charge on any atom is -0.481 e. The van der Waals surface area contributed by atoms with Crippen molar-refractivity contribution in [2.24, 2.45) is 5.92 Å². The summed E-state index contributed by atoms with van der Waals surface area (Å²) in [5.74, 6) is 1.94. The Balaban J connectivity index is 1.78. The number of nitrogens with zero attached hydrogens (tertiary/aromatic N) is 3. The van der Waals surface area contributed by atoms with E-state index in [1.54, 1.807) is 20.3 Å². The van der Waals surface area contributed by atoms with Crippen LogP contribution in [0, 0.1) is 5.92 Å². The smallest absolute Gasteiger partial charge is 0.229 e. The van der Waals surface area contributed by atoms with Crippen LogP contribution in [0.3, 0.4) is 0 Å². The first-order valence-electron chi connectivity index (χ1n) is 7.29. The normalized spacial score (nSPS) is 16.7. The fraction of sp³-hybridized carbons (Fsp3) is 0.714. The van der Waals surface area contributed by atoms with E-state index in [1.165, 1.54) is 0 Å². The molecule has 0 aromatic carbocycles. The number of ether oxygens (including phenoxy) is 2. The van der Waals surface area contributed by atoms with E-state index in [0.29, 0.717) is 30.2 Å². The van der Waals surface area contributed by atoms with Gasteiger partial charge in [0.2, 0.25) is 17.7 Å². The summed E-state index contributed by atoms with van der Waals surface area (Å²) < 4.78 is 10.2. The van der Waals surface area contributed by atoms with Crippen LogP contribution in [-0.2, 0) is 0 Å². The van der Waals surface area contributed by atoms with Crippen molar-refractivity contribution in [3.8, 4) is 11.8 Å². The van der Waals surface area contributed by atoms with Gasteiger partial charge in [-0.3, -0.25) is 0 Å². The topological polar surface area (TPSA) is 79.7 Å². The number of aliphatic hydroxyl groups excluding tert-OH is 1. The summed E-state index contributed by atoms with van der Waals surface area (Å²) in [6.07, 6.45) is 2.14. The summed E-state index contributed by atoms with van der Waals surface area (Å²) >= 11 is 0. The lowest BCUT2D eigenvalue weighted by molar-refractivity contribution is 0.134. The van der Waals surface area contributed by atoms with E-state index >= 15 is 0 Å². The van der Waals surface area contributed by atoms with Gasteiger partial charge in [-0.15, -0.1) is 0 Å². The van der Waals surface area contributed by atoms with Crippen LogP contribution in [0.5, 0.6) is 11.8 Å². The van der Waals surface area contributed by atoms with Crippen LogP contribution < -0.4 is 14.8 Å². The molecule has 1 fully saturated rings. The van der Waals surface area contributed by atoms with E-state index in [9.17, 15) is 0 Å². The molecule has 1 aliphatic rings. The fourth-order valence-corrected chi connectivity index (χ4v) is 2.41. The Kier molecular flexibility index (Phi) is 6.01. The Morgan fingerprint density at radius 1 is 1.24 bits per heavy atom. The molecule has 0 saturated carbocycles. The van der Waals surface area contributed by atoms with Crippen LogP contribution in [-0.4, -0.2) is 67.0 Å². The third-order valence-corrected chi connectivity index (χ3v) is 3.77. The summed E-state index contributed by atoms with van der Waals surface area (Å²) in [7, 11) is 3.13. The van der Waals surface area contributed by atoms with E-state index in [0.717, 1.165) is 39.0 Å². The molecule has 2 rings (SSSR count). The molecule has 1 aromatic rings. The largest absolute Gasteiger partial charge is 0.481 e. The Morgan fingerprint density at radius 3 is 2.38 bits per heavy atom. The Morgan fingerprint density at radius 2 is 1.86 bits per heavy atom. The van der Waals surface area contributed by atoms with Crippen molar-refractivity contribution in [2.45, 2.75) is 12.8 Å². The van der Waals surface area contributed by atoms with Gasteiger partial charge in [-0.1, -0.05) is 0 Å². The van der Waals surface area contributed by atoms with E-state index in [4.69, 9.17) is 14.6 Å². The predicted molar refractivity (Wildman–Crippen MR) is 79.9 cm³/mol. The summed E-state index contributed by atoms with van der Waals surface area (Å²) in [6.45, 7) is 4.08. The maximum Gasteiger partial charge on any atom is 0.229 e. The first-order valence-corrected chi connectivity index (χ1v) is 7.29. The highest BCUT2D eigenvalue weighted by molar-refractivity contribution is 5.33. The number of anilines is 1. The van der Waals surface area contributed by atoms with Crippen LogP contribution >= 0.6 is 0 Å². The zero-order valence-corrected chi connectivity index (χ0v) is 12.7. The lowest BCUT2D eigenvalue weighted by Gasteiger charge is -2.30. The molecule has 21 heavy (non-hydrogen) atoms. The molecule has 7 nitrogen and oxygen atoms in total. The van der Waals surface area contributed by atoms with Gasteiger partial charge in [0.25, 0.3) is 0 Å². The zero-order chi connectivity index (χ0) is 15.1. The zero-order valence-electron chi connectivity index (χ0n) is 12.7. The Bertz CT molecular complexity index is 414. The van der Waals surface area contributed by atoms with Gasteiger partial charge in [0, 0.05) is 19.7 Å². The van der Waals surface area contributed by atoms with Gasteiger partial charge in [-0.05, 0) is 31.8 Å². The maximum absolute atomic E-state index is 9.13. The second-order valence-corrected chi connectivity index (χ2v) is 5.17. The highest BCUT2D eigenvalue weighted by Gasteiger charge is 2.17. The molecular weight excluding hydrogens is 272 g/mol. The third kappa shape index (κ3) is 4.71. The number of aliphatic hydroxyl groups is 1. The highest BCUT2D eigenvalue weighted by atomic mass is 16.5. The van der Waals surface area contributed by atoms with Crippen molar-refractivity contribution in [1.82, 2.24) is 14.9 Å². The quantitative estimate of drug-likeness (QED) is 0.763. The Hall–Kier alpha value is -1.60. The van der Waals surface area contributed by atoms with Crippen LogP contribution in [0.2, 0.25) is 0 Å². The van der Waals surface area contributed by atoms with E-state index in [1.807, 2.05) is 0 Å². The van der Waals surface area contributed by atoms with Crippen LogP contribution in [0.4, 0.5) is 5.95 Å². The van der Waals surface area contributed by atoms with Crippen molar-refractivity contribution in [3.05, 3.63) is 6.07 Å². The molecular formula is C14H24N4O3. The number of aromatic nitrogens is 2. The molecule has 2 N–H and O–H groups in total. The summed E-state index contributed by atoms with van der Waals surface area (Å²) in [5.41, 5.74) is 0. The molecule has 1 aromatic heterocycles. The first-order chi connectivity index (χ1) is 10.2. The number of hydrogen-bond acceptors (Lipinski definition) is 7. The van der Waals surface area contributed by atoms with Crippen LogP contribution in [0.15, 0.2) is 6.07 Å². The fourth-order valence-electron chi connectivity index (χ4n) is 2.41. The molecule has 0 spiro atoms. The molecule has 0 amide bonds. The van der Waals surface area contributed by atoms with Crippen LogP contribution in [0.25, 0.3) is 0 Å². The standard InChI is InChI=1S/C14H24N4O3/c1-20-12-9-13(21-2)17-14(16-12)15-5-8-18-6-3-11(10-19)4-7-18/h9,11,19H,3-8,10H2,1-2H3,(H,15,16,17). The number of methoxy groups -OCH3 is 2. The summed E-state index contributed by atoms with van der Waals surface area (Å²) in [6, 6.07) is 1.64. The van der Waals surface area contributed by atoms with Crippen molar-refractivity contribution in [1.29, 1.82) is 0 Å². The number of likely N-dealkylation sites (tertiary alicyclic amines) is 1. The molecule has 118 valence electrons. The SMILES string of the molecule is COc1cc(OC)nc(NCCN2CCC(CO)CC2)n1. The molecule has 7 heteroatoms. The van der Waals surface area contributed by atoms with Crippen LogP contribution in [0.1, 0.15) is 12.8 Å². The van der Waals surface area contributed by atoms with E-state index < -0.39 is 0 Å². The molecule has 2 heterocycles. The van der Waals surface area contributed by atoms with Gasteiger partial charge < -0.3 is 24.8 Å². The number of piperidine rings is 1. The monoisotopic (exact) mass is 296 g/mol. The lowest BCUT2D eigenvalue weighted by Crippen LogP contribution is -2.37. The summed E-state index contributed by atoms with van der Waals surface area (Å²) in [4.78, 5) is 10.8. The maximum atomic E-state index is 9.13. The molecule has 1 saturated heterocycles. The van der Waals surface area contributed by atoms with Gasteiger partial charge in [0.15, 0.2) is 0 Å². The molecule has 0 unspecified atom stereocenters. The van der Waals surface area contributed by atoms with E-state index in [-0.39, 0.29) is 0 Å². The van der Waals surface area contributed by atoms with Crippen molar-refractivity contribution in [3.63, 3.8) is 0 Å². The van der Waals surface area contributed by atoms with Crippen molar-refractivity contribution < 1.29 is 14.6 Å². The minimum atomic E-state index is 0.309. The predicted octanol–water partition coefficient (Wildman–Crippen LogP) is 0.610. The molecule has 1 aliphatic heterocycles. The van der Waals surface area contributed by atoms with Crippen molar-refractivity contribution in [2.75, 3.05) is 52.3 Å². The minimum absolute atomic E-state index is 0.309. The van der Waals surface area contributed by atoms with E-state index in [2.05, 4.69) is 20.2 Å². The average molecular weight is 296 g/mol. The second kappa shape index (κ2) is 7.99. The van der Waals surface area contributed by atoms with Gasteiger partial charge >= 0.3 is 0 Å².